The predicted octanol–water partition coefficient (Wildman–Crippen LogP) is 3.74. The van der Waals surface area contributed by atoms with E-state index in [1.54, 1.807) is 9.80 Å². The van der Waals surface area contributed by atoms with E-state index < -0.39 is 5.69 Å². The summed E-state index contributed by atoms with van der Waals surface area (Å²) >= 11 is 5.84. The maximum absolute atomic E-state index is 5.85. The SMILES string of the molecule is CC(C)OP(=S)(OC(C)C)S[Se]c1ccccc1. The van der Waals surface area contributed by atoms with Gasteiger partial charge in [0.05, 0.1) is 0 Å². The minimum atomic E-state index is -2.22. The van der Waals surface area contributed by atoms with Crippen molar-refractivity contribution in [3.63, 3.8) is 0 Å². The Kier molecular flexibility index (Phi) is 7.48. The van der Waals surface area contributed by atoms with Gasteiger partial charge >= 0.3 is 125 Å². The van der Waals surface area contributed by atoms with Gasteiger partial charge in [-0.2, -0.15) is 0 Å². The zero-order chi connectivity index (χ0) is 13.6. The molecule has 1 aromatic carbocycles. The summed E-state index contributed by atoms with van der Waals surface area (Å²) in [7, 11) is 1.68. The van der Waals surface area contributed by atoms with Gasteiger partial charge in [-0.15, -0.1) is 0 Å². The molecule has 0 atom stereocenters. The molecule has 0 aliphatic carbocycles. The van der Waals surface area contributed by atoms with Crippen LogP contribution in [0.3, 0.4) is 0 Å². The monoisotopic (exact) mass is 370 g/mol. The van der Waals surface area contributed by atoms with Crippen LogP contribution < -0.4 is 4.46 Å². The van der Waals surface area contributed by atoms with E-state index in [0.717, 1.165) is 0 Å². The Labute approximate surface area is 124 Å². The molecule has 0 unspecified atom stereocenters. The van der Waals surface area contributed by atoms with E-state index in [0.29, 0.717) is 0 Å². The van der Waals surface area contributed by atoms with Crippen molar-refractivity contribution < 1.29 is 9.05 Å². The number of benzene rings is 1. The van der Waals surface area contributed by atoms with Crippen LogP contribution in [0.1, 0.15) is 27.7 Å². The third-order valence-electron chi connectivity index (χ3n) is 1.65. The van der Waals surface area contributed by atoms with Crippen LogP contribution in [0.25, 0.3) is 0 Å². The van der Waals surface area contributed by atoms with Crippen molar-refractivity contribution in [3.05, 3.63) is 30.3 Å². The van der Waals surface area contributed by atoms with Crippen LogP contribution in [-0.2, 0) is 20.9 Å². The fraction of sp³-hybridized carbons (Fsp3) is 0.500. The molecule has 0 aliphatic rings. The van der Waals surface area contributed by atoms with E-state index >= 15 is 0 Å². The molecule has 102 valence electrons. The summed E-state index contributed by atoms with van der Waals surface area (Å²) in [6.45, 7) is 8.00. The molecule has 1 aromatic rings. The molecule has 1 rings (SSSR count). The second-order valence-electron chi connectivity index (χ2n) is 4.23. The first kappa shape index (κ1) is 16.7. The second kappa shape index (κ2) is 8.06. The molecule has 0 bridgehead atoms. The van der Waals surface area contributed by atoms with Crippen LogP contribution in [0.2, 0.25) is 0 Å². The van der Waals surface area contributed by atoms with Crippen LogP contribution in [0.15, 0.2) is 30.3 Å². The fourth-order valence-electron chi connectivity index (χ4n) is 1.14. The van der Waals surface area contributed by atoms with Crippen LogP contribution in [0.5, 0.6) is 0 Å². The molecule has 0 saturated heterocycles. The predicted molar refractivity (Wildman–Crippen MR) is 86.1 cm³/mol. The molecular formula is C12H19O2PS2Se. The molecule has 0 amide bonds. The fourth-order valence-corrected chi connectivity index (χ4v) is 12.5. The Morgan fingerprint density at radius 2 is 1.56 bits per heavy atom. The van der Waals surface area contributed by atoms with Crippen LogP contribution in [0, 0.1) is 0 Å². The summed E-state index contributed by atoms with van der Waals surface area (Å²) in [6.07, 6.45) is 0.210. The number of hydrogen-bond donors (Lipinski definition) is 0. The molecular weight excluding hydrogens is 350 g/mol. The Hall–Kier alpha value is 0.659. The van der Waals surface area contributed by atoms with Crippen molar-refractivity contribution in [2.45, 2.75) is 39.9 Å². The average Bonchev–Trinajstić information content (AvgIpc) is 2.26. The molecule has 0 saturated carbocycles. The third-order valence-corrected chi connectivity index (χ3v) is 14.7. The molecule has 0 spiro atoms. The van der Waals surface area contributed by atoms with Crippen LogP contribution >= 0.6 is 15.5 Å². The number of rotatable bonds is 7. The van der Waals surface area contributed by atoms with E-state index in [1.807, 2.05) is 45.9 Å². The van der Waals surface area contributed by atoms with Gasteiger partial charge in [0.1, 0.15) is 0 Å². The molecule has 0 heterocycles. The van der Waals surface area contributed by atoms with Gasteiger partial charge in [0.2, 0.25) is 0 Å². The van der Waals surface area contributed by atoms with Gasteiger partial charge < -0.3 is 0 Å². The molecule has 18 heavy (non-hydrogen) atoms. The Balaban J connectivity index is 2.64. The molecule has 0 aliphatic heterocycles. The summed E-state index contributed by atoms with van der Waals surface area (Å²) in [4.78, 5) is 0. The van der Waals surface area contributed by atoms with Gasteiger partial charge in [-0.1, -0.05) is 0 Å². The van der Waals surface area contributed by atoms with Gasteiger partial charge in [-0.05, 0) is 0 Å². The summed E-state index contributed by atoms with van der Waals surface area (Å²) in [6, 6.07) is 10.4. The van der Waals surface area contributed by atoms with E-state index in [-0.39, 0.29) is 26.0 Å². The topological polar surface area (TPSA) is 18.5 Å². The third kappa shape index (κ3) is 6.72. The second-order valence-corrected chi connectivity index (χ2v) is 14.7. The van der Waals surface area contributed by atoms with Gasteiger partial charge in [-0.25, -0.2) is 0 Å². The molecule has 0 aromatic heterocycles. The van der Waals surface area contributed by atoms with Crippen molar-refractivity contribution in [1.29, 1.82) is 0 Å². The summed E-state index contributed by atoms with van der Waals surface area (Å²) < 4.78 is 13.0. The Morgan fingerprint density at radius 3 is 2.00 bits per heavy atom. The first-order valence-electron chi connectivity index (χ1n) is 5.79. The van der Waals surface area contributed by atoms with E-state index in [2.05, 4.69) is 12.1 Å². The molecule has 0 N–H and O–H groups in total. The zero-order valence-electron chi connectivity index (χ0n) is 11.0. The van der Waals surface area contributed by atoms with Crippen molar-refractivity contribution in [3.8, 4) is 0 Å². The van der Waals surface area contributed by atoms with E-state index in [9.17, 15) is 0 Å². The van der Waals surface area contributed by atoms with Crippen LogP contribution in [0.4, 0.5) is 0 Å². The van der Waals surface area contributed by atoms with Crippen molar-refractivity contribution >= 4 is 45.6 Å². The van der Waals surface area contributed by atoms with Crippen LogP contribution in [-0.4, -0.2) is 26.0 Å². The Morgan fingerprint density at radius 1 is 1.06 bits per heavy atom. The summed E-state index contributed by atoms with van der Waals surface area (Å²) in [5.41, 5.74) is -2.22. The molecule has 0 radical (unpaired) electrons. The van der Waals surface area contributed by atoms with Crippen molar-refractivity contribution in [2.24, 2.45) is 0 Å². The first-order chi connectivity index (χ1) is 8.41. The summed E-state index contributed by atoms with van der Waals surface area (Å²) in [5, 5.41) is 0. The first-order valence-corrected chi connectivity index (χ1v) is 12.7. The van der Waals surface area contributed by atoms with Gasteiger partial charge in [0.25, 0.3) is 0 Å². The molecule has 2 nitrogen and oxygen atoms in total. The van der Waals surface area contributed by atoms with Crippen molar-refractivity contribution in [2.75, 3.05) is 0 Å². The Bertz CT molecular complexity index is 384. The average molecular weight is 369 g/mol. The number of hydrogen-bond acceptors (Lipinski definition) is 4. The van der Waals surface area contributed by atoms with Crippen molar-refractivity contribution in [1.82, 2.24) is 0 Å². The van der Waals surface area contributed by atoms with E-state index in [4.69, 9.17) is 20.9 Å². The molecule has 0 fully saturated rings. The molecule has 6 heteroatoms. The van der Waals surface area contributed by atoms with Gasteiger partial charge in [-0.3, -0.25) is 0 Å². The quantitative estimate of drug-likeness (QED) is 0.538. The normalized spacial score (nSPS) is 12.3. The van der Waals surface area contributed by atoms with Gasteiger partial charge in [0, 0.05) is 0 Å². The minimum absolute atomic E-state index is 0.105. The summed E-state index contributed by atoms with van der Waals surface area (Å²) in [5.74, 6) is 0. The van der Waals surface area contributed by atoms with Gasteiger partial charge in [0.15, 0.2) is 0 Å². The standard InChI is InChI=1S/C12H19O2PS2Se/c1-10(2)13-15(16,14-11(3)4)17-18-12-8-6-5-7-9-12/h5-11H,1-4H3. The zero-order valence-corrected chi connectivity index (χ0v) is 15.3. The maximum atomic E-state index is 5.85. The van der Waals surface area contributed by atoms with E-state index in [1.165, 1.54) is 4.46 Å².